The summed E-state index contributed by atoms with van der Waals surface area (Å²) in [5.41, 5.74) is 5.13. The van der Waals surface area contributed by atoms with Crippen molar-refractivity contribution in [1.29, 1.82) is 0 Å². The zero-order valence-electron chi connectivity index (χ0n) is 9.37. The van der Waals surface area contributed by atoms with E-state index >= 15 is 0 Å². The molecule has 2 amide bonds. The van der Waals surface area contributed by atoms with Crippen molar-refractivity contribution in [3.63, 3.8) is 0 Å². The van der Waals surface area contributed by atoms with Gasteiger partial charge in [0.2, 0.25) is 11.8 Å². The molecule has 0 saturated heterocycles. The molecule has 1 saturated carbocycles. The van der Waals surface area contributed by atoms with E-state index < -0.39 is 11.9 Å². The van der Waals surface area contributed by atoms with Crippen LogP contribution in [0.3, 0.4) is 0 Å². The molecule has 1 fully saturated rings. The van der Waals surface area contributed by atoms with Crippen molar-refractivity contribution in [3.05, 3.63) is 0 Å². The van der Waals surface area contributed by atoms with E-state index in [2.05, 4.69) is 11.2 Å². The third kappa shape index (κ3) is 3.93. The molecule has 16 heavy (non-hydrogen) atoms. The fourth-order valence-electron chi connectivity index (χ4n) is 2.07. The summed E-state index contributed by atoms with van der Waals surface area (Å²) in [4.78, 5) is 22.6. The minimum absolute atomic E-state index is 0.119. The van der Waals surface area contributed by atoms with Crippen LogP contribution in [0.1, 0.15) is 38.5 Å². The summed E-state index contributed by atoms with van der Waals surface area (Å²) in [6.45, 7) is 0. The second kappa shape index (κ2) is 6.16. The first-order valence-electron chi connectivity index (χ1n) is 5.65. The highest BCUT2D eigenvalue weighted by Crippen LogP contribution is 2.27. The first kappa shape index (κ1) is 12.6. The van der Waals surface area contributed by atoms with Crippen LogP contribution in [-0.2, 0) is 9.59 Å². The van der Waals surface area contributed by atoms with Gasteiger partial charge >= 0.3 is 0 Å². The maximum absolute atomic E-state index is 11.6. The minimum atomic E-state index is -0.723. The van der Waals surface area contributed by atoms with Gasteiger partial charge < -0.3 is 11.1 Å². The van der Waals surface area contributed by atoms with Crippen molar-refractivity contribution >= 4 is 11.8 Å². The second-order valence-electron chi connectivity index (χ2n) is 4.29. The number of nitrogens with two attached hydrogens (primary N) is 1. The molecule has 0 spiro atoms. The summed E-state index contributed by atoms with van der Waals surface area (Å²) in [5, 5.41) is 2.59. The van der Waals surface area contributed by atoms with Gasteiger partial charge in [0.15, 0.2) is 0 Å². The maximum Gasteiger partial charge on any atom is 0.240 e. The molecule has 1 aliphatic carbocycles. The molecule has 0 bridgehead atoms. The van der Waals surface area contributed by atoms with Crippen LogP contribution in [0.25, 0.3) is 0 Å². The summed E-state index contributed by atoms with van der Waals surface area (Å²) in [5.74, 6) is 2.10. The van der Waals surface area contributed by atoms with Crippen LogP contribution in [-0.4, -0.2) is 17.9 Å². The zero-order valence-corrected chi connectivity index (χ0v) is 9.37. The standard InChI is InChI=1S/C12H18N2O2/c1-2-5-10(12(13)16)14-11(15)8-9-6-3-4-7-9/h1,9-10H,3-8H2,(H2,13,16)(H,14,15)/t10-/m0/s1. The molecule has 0 aromatic heterocycles. The molecule has 1 aliphatic rings. The van der Waals surface area contributed by atoms with Gasteiger partial charge in [-0.25, -0.2) is 0 Å². The Morgan fingerprint density at radius 1 is 1.44 bits per heavy atom. The lowest BCUT2D eigenvalue weighted by Crippen LogP contribution is -2.44. The van der Waals surface area contributed by atoms with E-state index in [1.807, 2.05) is 0 Å². The molecule has 4 nitrogen and oxygen atoms in total. The molecule has 0 aromatic rings. The van der Waals surface area contributed by atoms with Crippen molar-refractivity contribution in [1.82, 2.24) is 5.32 Å². The Morgan fingerprint density at radius 2 is 2.06 bits per heavy atom. The van der Waals surface area contributed by atoms with E-state index in [0.717, 1.165) is 12.8 Å². The highest BCUT2D eigenvalue weighted by molar-refractivity contribution is 5.86. The number of hydrogen-bond donors (Lipinski definition) is 2. The Hall–Kier alpha value is -1.50. The summed E-state index contributed by atoms with van der Waals surface area (Å²) >= 11 is 0. The number of carbonyl (C=O) groups excluding carboxylic acids is 2. The van der Waals surface area contributed by atoms with Crippen molar-refractivity contribution in [3.8, 4) is 12.3 Å². The van der Waals surface area contributed by atoms with Gasteiger partial charge in [-0.2, -0.15) is 0 Å². The van der Waals surface area contributed by atoms with Crippen LogP contribution in [0.15, 0.2) is 0 Å². The van der Waals surface area contributed by atoms with Gasteiger partial charge in [-0.05, 0) is 18.8 Å². The number of amides is 2. The maximum atomic E-state index is 11.6. The predicted molar refractivity (Wildman–Crippen MR) is 61.2 cm³/mol. The number of carbonyl (C=O) groups is 2. The second-order valence-corrected chi connectivity index (χ2v) is 4.29. The van der Waals surface area contributed by atoms with Crippen molar-refractivity contribution < 1.29 is 9.59 Å². The third-order valence-corrected chi connectivity index (χ3v) is 2.95. The molecule has 0 aromatic carbocycles. The fraction of sp³-hybridized carbons (Fsp3) is 0.667. The molecule has 0 radical (unpaired) electrons. The van der Waals surface area contributed by atoms with Crippen molar-refractivity contribution in [2.24, 2.45) is 11.7 Å². The number of rotatable bonds is 5. The lowest BCUT2D eigenvalue weighted by atomic mass is 10.0. The Labute approximate surface area is 96.0 Å². The van der Waals surface area contributed by atoms with E-state index in [4.69, 9.17) is 12.2 Å². The van der Waals surface area contributed by atoms with Gasteiger partial charge in [-0.1, -0.05) is 12.8 Å². The zero-order chi connectivity index (χ0) is 12.0. The van der Waals surface area contributed by atoms with Gasteiger partial charge in [0.1, 0.15) is 6.04 Å². The average Bonchev–Trinajstić information content (AvgIpc) is 2.69. The Kier molecular flexibility index (Phi) is 4.84. The van der Waals surface area contributed by atoms with E-state index in [1.54, 1.807) is 0 Å². The highest BCUT2D eigenvalue weighted by Gasteiger charge is 2.21. The van der Waals surface area contributed by atoms with Crippen LogP contribution in [0.2, 0.25) is 0 Å². The van der Waals surface area contributed by atoms with Crippen molar-refractivity contribution in [2.75, 3.05) is 0 Å². The Morgan fingerprint density at radius 3 is 2.56 bits per heavy atom. The van der Waals surface area contributed by atoms with Crippen LogP contribution >= 0.6 is 0 Å². The number of hydrogen-bond acceptors (Lipinski definition) is 2. The lowest BCUT2D eigenvalue weighted by Gasteiger charge is -2.14. The quantitative estimate of drug-likeness (QED) is 0.667. The molecule has 0 unspecified atom stereocenters. The Balaban J connectivity index is 2.36. The van der Waals surface area contributed by atoms with Gasteiger partial charge in [0, 0.05) is 12.8 Å². The third-order valence-electron chi connectivity index (χ3n) is 2.95. The molecule has 1 atom stereocenters. The number of primary amides is 1. The molecule has 3 N–H and O–H groups in total. The number of nitrogens with one attached hydrogen (secondary N) is 1. The first-order valence-corrected chi connectivity index (χ1v) is 5.65. The summed E-state index contributed by atoms with van der Waals surface area (Å²) in [6, 6.07) is -0.723. The van der Waals surface area contributed by atoms with E-state index in [9.17, 15) is 9.59 Å². The summed E-state index contributed by atoms with van der Waals surface area (Å²) in [7, 11) is 0. The van der Waals surface area contributed by atoms with Crippen LogP contribution in [0.4, 0.5) is 0 Å². The minimum Gasteiger partial charge on any atom is -0.368 e. The molecular formula is C12H18N2O2. The van der Waals surface area contributed by atoms with Crippen LogP contribution in [0.5, 0.6) is 0 Å². The van der Waals surface area contributed by atoms with E-state index in [-0.39, 0.29) is 12.3 Å². The van der Waals surface area contributed by atoms with Crippen molar-refractivity contribution in [2.45, 2.75) is 44.6 Å². The average molecular weight is 222 g/mol. The first-order chi connectivity index (χ1) is 7.63. The lowest BCUT2D eigenvalue weighted by molar-refractivity contribution is -0.127. The SMILES string of the molecule is C#CC[C@H](NC(=O)CC1CCCC1)C(N)=O. The Bertz CT molecular complexity index is 301. The summed E-state index contributed by atoms with van der Waals surface area (Å²) in [6.07, 6.45) is 10.3. The monoisotopic (exact) mass is 222 g/mol. The van der Waals surface area contributed by atoms with Crippen LogP contribution < -0.4 is 11.1 Å². The van der Waals surface area contributed by atoms with Gasteiger partial charge in [-0.15, -0.1) is 12.3 Å². The molecule has 88 valence electrons. The molecule has 4 heteroatoms. The normalized spacial score (nSPS) is 17.7. The van der Waals surface area contributed by atoms with Gasteiger partial charge in [0.25, 0.3) is 0 Å². The van der Waals surface area contributed by atoms with Gasteiger partial charge in [0.05, 0.1) is 0 Å². The topological polar surface area (TPSA) is 72.2 Å². The number of terminal acetylenes is 1. The molecule has 1 rings (SSSR count). The predicted octanol–water partition coefficient (Wildman–Crippen LogP) is 0.560. The smallest absolute Gasteiger partial charge is 0.240 e. The molecular weight excluding hydrogens is 204 g/mol. The molecule has 0 heterocycles. The highest BCUT2D eigenvalue weighted by atomic mass is 16.2. The van der Waals surface area contributed by atoms with E-state index in [1.165, 1.54) is 12.8 Å². The van der Waals surface area contributed by atoms with Gasteiger partial charge in [-0.3, -0.25) is 9.59 Å². The van der Waals surface area contributed by atoms with E-state index in [0.29, 0.717) is 12.3 Å². The van der Waals surface area contributed by atoms with Crippen LogP contribution in [0, 0.1) is 18.3 Å². The fourth-order valence-corrected chi connectivity index (χ4v) is 2.07. The molecule has 0 aliphatic heterocycles. The largest absolute Gasteiger partial charge is 0.368 e. The summed E-state index contributed by atoms with van der Waals surface area (Å²) < 4.78 is 0.